The number of anilines is 1. The van der Waals surface area contributed by atoms with Crippen molar-refractivity contribution in [1.29, 1.82) is 0 Å². The number of rotatable bonds is 4. The molecule has 1 amide bonds. The second kappa shape index (κ2) is 6.07. The van der Waals surface area contributed by atoms with Crippen LogP contribution in [0.4, 0.5) is 10.5 Å². The molecule has 1 aromatic heterocycles. The summed E-state index contributed by atoms with van der Waals surface area (Å²) in [5.74, 6) is 0. The van der Waals surface area contributed by atoms with Crippen LogP contribution in [0.25, 0.3) is 11.3 Å². The number of nitrogens with one attached hydrogen (secondary N) is 1. The first-order valence-corrected chi connectivity index (χ1v) is 8.02. The molecule has 0 radical (unpaired) electrons. The van der Waals surface area contributed by atoms with Gasteiger partial charge in [0.25, 0.3) is 0 Å². The predicted octanol–water partition coefficient (Wildman–Crippen LogP) is 3.67. The van der Waals surface area contributed by atoms with Crippen LogP contribution in [-0.4, -0.2) is 25.9 Å². The number of hydrogen-bond acceptors (Lipinski definition) is 3. The molecule has 126 valence electrons. The molecule has 2 atom stereocenters. The van der Waals surface area contributed by atoms with E-state index in [0.717, 1.165) is 11.3 Å². The Labute approximate surface area is 144 Å². The van der Waals surface area contributed by atoms with E-state index in [-0.39, 0.29) is 6.04 Å². The Morgan fingerprint density at radius 2 is 2.08 bits per heavy atom. The molecule has 6 heteroatoms. The maximum absolute atomic E-state index is 10.8. The predicted molar refractivity (Wildman–Crippen MR) is 93.5 cm³/mol. The number of fused-ring (bicyclic) bond motifs is 3. The zero-order chi connectivity index (χ0) is 17.4. The lowest BCUT2D eigenvalue weighted by atomic mass is 9.95. The molecule has 4 rings (SSSR count). The van der Waals surface area contributed by atoms with Crippen LogP contribution in [0.1, 0.15) is 29.7 Å². The largest absolute Gasteiger partial charge is 0.465 e. The second-order valence-electron chi connectivity index (χ2n) is 6.10. The molecule has 0 aliphatic carbocycles. The van der Waals surface area contributed by atoms with Crippen molar-refractivity contribution in [3.63, 3.8) is 0 Å². The lowest BCUT2D eigenvalue weighted by Gasteiger charge is -2.19. The minimum Gasteiger partial charge on any atom is -0.465 e. The standard InChI is InChI=1S/C19H17N3O3/c23-18(12-4-3-5-13(8-12)21-19(24)25)9-16-14-6-1-2-7-15(14)17-10-20-11-22(16)17/h1-8,10-11,16,18,21,23H,9H2,(H,24,25). The zero-order valence-electron chi connectivity index (χ0n) is 13.3. The van der Waals surface area contributed by atoms with Crippen molar-refractivity contribution in [2.75, 3.05) is 5.32 Å². The van der Waals surface area contributed by atoms with E-state index >= 15 is 0 Å². The minimum atomic E-state index is -1.13. The second-order valence-corrected chi connectivity index (χ2v) is 6.10. The van der Waals surface area contributed by atoms with Crippen LogP contribution in [0, 0.1) is 0 Å². The number of imidazole rings is 1. The Morgan fingerprint density at radius 3 is 2.92 bits per heavy atom. The first-order chi connectivity index (χ1) is 12.1. The minimum absolute atomic E-state index is 0.000195. The first kappa shape index (κ1) is 15.4. The van der Waals surface area contributed by atoms with E-state index in [9.17, 15) is 9.90 Å². The van der Waals surface area contributed by atoms with Gasteiger partial charge in [0.1, 0.15) is 0 Å². The number of carboxylic acid groups (broad SMARTS) is 1. The van der Waals surface area contributed by atoms with Gasteiger partial charge in [-0.2, -0.15) is 0 Å². The van der Waals surface area contributed by atoms with E-state index in [1.165, 1.54) is 5.56 Å². The Kier molecular flexibility index (Phi) is 3.74. The van der Waals surface area contributed by atoms with Crippen LogP contribution in [0.5, 0.6) is 0 Å². The maximum atomic E-state index is 10.8. The SMILES string of the molecule is O=C(O)Nc1cccc(C(O)CC2c3ccccc3-c3cncn32)c1. The fourth-order valence-electron chi connectivity index (χ4n) is 3.47. The lowest BCUT2D eigenvalue weighted by molar-refractivity contribution is 0.154. The summed E-state index contributed by atoms with van der Waals surface area (Å²) < 4.78 is 2.08. The average molecular weight is 335 g/mol. The summed E-state index contributed by atoms with van der Waals surface area (Å²) in [6, 6.07) is 15.0. The summed E-state index contributed by atoms with van der Waals surface area (Å²) in [7, 11) is 0. The van der Waals surface area contributed by atoms with Gasteiger partial charge in [-0.05, 0) is 23.3 Å². The smallest absolute Gasteiger partial charge is 0.409 e. The molecule has 0 bridgehead atoms. The monoisotopic (exact) mass is 335 g/mol. The molecule has 1 aliphatic rings. The summed E-state index contributed by atoms with van der Waals surface area (Å²) in [5, 5.41) is 21.9. The van der Waals surface area contributed by atoms with Gasteiger partial charge in [-0.15, -0.1) is 0 Å². The third-order valence-corrected chi connectivity index (χ3v) is 4.57. The summed E-state index contributed by atoms with van der Waals surface area (Å²) in [6.07, 6.45) is 2.26. The van der Waals surface area contributed by atoms with Crippen LogP contribution in [-0.2, 0) is 0 Å². The molecule has 6 nitrogen and oxygen atoms in total. The molecule has 2 unspecified atom stereocenters. The highest BCUT2D eigenvalue weighted by atomic mass is 16.4. The summed E-state index contributed by atoms with van der Waals surface area (Å²) in [6.45, 7) is 0. The molecule has 2 heterocycles. The number of benzene rings is 2. The normalized spacial score (nSPS) is 16.1. The summed E-state index contributed by atoms with van der Waals surface area (Å²) in [4.78, 5) is 15.0. The van der Waals surface area contributed by atoms with Crippen LogP contribution in [0.3, 0.4) is 0 Å². The Balaban J connectivity index is 1.62. The maximum Gasteiger partial charge on any atom is 0.409 e. The van der Waals surface area contributed by atoms with Gasteiger partial charge in [0.05, 0.1) is 30.4 Å². The lowest BCUT2D eigenvalue weighted by Crippen LogP contribution is -2.11. The van der Waals surface area contributed by atoms with Gasteiger partial charge in [0.15, 0.2) is 0 Å². The van der Waals surface area contributed by atoms with E-state index in [0.29, 0.717) is 17.7 Å². The number of aliphatic hydroxyl groups excluding tert-OH is 1. The van der Waals surface area contributed by atoms with Gasteiger partial charge in [-0.25, -0.2) is 9.78 Å². The van der Waals surface area contributed by atoms with Crippen LogP contribution < -0.4 is 5.32 Å². The number of aromatic nitrogens is 2. The summed E-state index contributed by atoms with van der Waals surface area (Å²) in [5.41, 5.74) is 4.47. The highest BCUT2D eigenvalue weighted by Crippen LogP contribution is 2.43. The number of amides is 1. The van der Waals surface area contributed by atoms with Gasteiger partial charge in [0, 0.05) is 17.7 Å². The van der Waals surface area contributed by atoms with Crippen LogP contribution in [0.2, 0.25) is 0 Å². The van der Waals surface area contributed by atoms with Crippen LogP contribution in [0.15, 0.2) is 61.1 Å². The summed E-state index contributed by atoms with van der Waals surface area (Å²) >= 11 is 0. The van der Waals surface area contributed by atoms with Crippen LogP contribution >= 0.6 is 0 Å². The third-order valence-electron chi connectivity index (χ3n) is 4.57. The van der Waals surface area contributed by atoms with E-state index in [4.69, 9.17) is 5.11 Å². The van der Waals surface area contributed by atoms with Gasteiger partial charge in [-0.1, -0.05) is 36.4 Å². The fourth-order valence-corrected chi connectivity index (χ4v) is 3.47. The first-order valence-electron chi connectivity index (χ1n) is 8.02. The van der Waals surface area contributed by atoms with E-state index < -0.39 is 12.2 Å². The Bertz CT molecular complexity index is 935. The highest BCUT2D eigenvalue weighted by Gasteiger charge is 2.30. The molecule has 3 aromatic rings. The van der Waals surface area contributed by atoms with Gasteiger partial charge >= 0.3 is 6.09 Å². The van der Waals surface area contributed by atoms with Crippen molar-refractivity contribution >= 4 is 11.8 Å². The van der Waals surface area contributed by atoms with E-state index in [2.05, 4.69) is 27.0 Å². The van der Waals surface area contributed by atoms with Gasteiger partial charge in [0.2, 0.25) is 0 Å². The molecular formula is C19H17N3O3. The zero-order valence-corrected chi connectivity index (χ0v) is 13.3. The Morgan fingerprint density at radius 1 is 1.24 bits per heavy atom. The van der Waals surface area contributed by atoms with Crippen molar-refractivity contribution in [3.05, 3.63) is 72.2 Å². The van der Waals surface area contributed by atoms with Crippen molar-refractivity contribution in [2.45, 2.75) is 18.6 Å². The topological polar surface area (TPSA) is 87.4 Å². The third kappa shape index (κ3) is 2.77. The molecule has 0 saturated carbocycles. The van der Waals surface area contributed by atoms with E-state index in [1.54, 1.807) is 30.6 Å². The molecule has 0 spiro atoms. The van der Waals surface area contributed by atoms with Gasteiger partial charge < -0.3 is 14.8 Å². The number of hydrogen-bond donors (Lipinski definition) is 3. The quantitative estimate of drug-likeness (QED) is 0.679. The van der Waals surface area contributed by atoms with Crippen molar-refractivity contribution < 1.29 is 15.0 Å². The molecule has 0 fully saturated rings. The van der Waals surface area contributed by atoms with E-state index in [1.807, 2.05) is 18.3 Å². The highest BCUT2D eigenvalue weighted by molar-refractivity contribution is 5.82. The fraction of sp³-hybridized carbons (Fsp3) is 0.158. The van der Waals surface area contributed by atoms with Crippen molar-refractivity contribution in [2.24, 2.45) is 0 Å². The van der Waals surface area contributed by atoms with Crippen molar-refractivity contribution in [3.8, 4) is 11.3 Å². The number of aliphatic hydroxyl groups is 1. The van der Waals surface area contributed by atoms with Gasteiger partial charge in [-0.3, -0.25) is 5.32 Å². The molecule has 0 saturated heterocycles. The average Bonchev–Trinajstić information content (AvgIpc) is 3.17. The number of carbonyl (C=O) groups is 1. The molecule has 25 heavy (non-hydrogen) atoms. The molecular weight excluding hydrogens is 318 g/mol. The number of nitrogens with zero attached hydrogens (tertiary/aromatic N) is 2. The molecule has 2 aromatic carbocycles. The molecule has 3 N–H and O–H groups in total. The Hall–Kier alpha value is -3.12. The molecule has 1 aliphatic heterocycles. The van der Waals surface area contributed by atoms with Crippen molar-refractivity contribution in [1.82, 2.24) is 9.55 Å².